The summed E-state index contributed by atoms with van der Waals surface area (Å²) in [4.78, 5) is 3.82. The third kappa shape index (κ3) is 1.52. The van der Waals surface area contributed by atoms with Gasteiger partial charge in [0.25, 0.3) is 0 Å². The maximum atomic E-state index is 8.59. The summed E-state index contributed by atoms with van der Waals surface area (Å²) in [6, 6.07) is 2.19. The molecule has 0 aliphatic carbocycles. The molecule has 1 rings (SSSR count). The summed E-state index contributed by atoms with van der Waals surface area (Å²) in [6.45, 7) is 3.94. The maximum absolute atomic E-state index is 8.59. The van der Waals surface area contributed by atoms with Crippen molar-refractivity contribution in [3.63, 3.8) is 0 Å². The second-order valence-corrected chi connectivity index (χ2v) is 2.89. The molecule has 1 aromatic heterocycles. The van der Waals surface area contributed by atoms with Gasteiger partial charge >= 0.3 is 0 Å². The van der Waals surface area contributed by atoms with E-state index in [9.17, 15) is 0 Å². The zero-order chi connectivity index (χ0) is 8.43. The Morgan fingerprint density at radius 1 is 1.73 bits per heavy atom. The molecule has 58 valence electrons. The lowest BCUT2D eigenvalue weighted by atomic mass is 10.4. The van der Waals surface area contributed by atoms with Gasteiger partial charge in [0, 0.05) is 12.2 Å². The summed E-state index contributed by atoms with van der Waals surface area (Å²) in [5, 5.41) is 8.96. The summed E-state index contributed by atoms with van der Waals surface area (Å²) < 4.78 is 1.74. The van der Waals surface area contributed by atoms with Gasteiger partial charge in [-0.15, -0.1) is 0 Å². The molecule has 0 amide bonds. The van der Waals surface area contributed by atoms with E-state index in [1.807, 2.05) is 19.9 Å². The highest BCUT2D eigenvalue weighted by molar-refractivity contribution is 6.29. The van der Waals surface area contributed by atoms with Crippen LogP contribution in [0.2, 0.25) is 5.15 Å². The number of halogens is 1. The Morgan fingerprint density at radius 2 is 2.36 bits per heavy atom. The highest BCUT2D eigenvalue weighted by Gasteiger charge is 2.07. The highest BCUT2D eigenvalue weighted by Crippen LogP contribution is 2.13. The van der Waals surface area contributed by atoms with Crippen LogP contribution in [0.25, 0.3) is 0 Å². The molecule has 11 heavy (non-hydrogen) atoms. The Labute approximate surface area is 70.2 Å². The summed E-state index contributed by atoms with van der Waals surface area (Å²) in [5.74, 6) is 0.366. The first-order valence-electron chi connectivity index (χ1n) is 3.29. The maximum Gasteiger partial charge on any atom is 0.214 e. The molecule has 0 fully saturated rings. The van der Waals surface area contributed by atoms with Crippen LogP contribution in [-0.2, 0) is 0 Å². The van der Waals surface area contributed by atoms with Crippen LogP contribution in [0.3, 0.4) is 0 Å². The van der Waals surface area contributed by atoms with E-state index in [1.54, 1.807) is 10.8 Å². The van der Waals surface area contributed by atoms with Gasteiger partial charge in [0.05, 0.1) is 0 Å². The van der Waals surface area contributed by atoms with Gasteiger partial charge < -0.3 is 4.57 Å². The second kappa shape index (κ2) is 2.93. The van der Waals surface area contributed by atoms with Gasteiger partial charge in [0.1, 0.15) is 11.2 Å². The largest absolute Gasteiger partial charge is 0.319 e. The third-order valence-corrected chi connectivity index (χ3v) is 1.54. The molecule has 0 atom stereocenters. The Hall–Kier alpha value is -1.01. The average Bonchev–Trinajstić information content (AvgIpc) is 2.30. The highest BCUT2D eigenvalue weighted by atomic mass is 35.5. The molecule has 0 saturated carbocycles. The summed E-state index contributed by atoms with van der Waals surface area (Å²) in [5.41, 5.74) is 0. The first-order chi connectivity index (χ1) is 5.15. The molecule has 0 N–H and O–H groups in total. The minimum absolute atomic E-state index is 0.227. The van der Waals surface area contributed by atoms with Gasteiger partial charge in [0.2, 0.25) is 5.82 Å². The normalized spacial score (nSPS) is 10.1. The number of hydrogen-bond donors (Lipinski definition) is 0. The lowest BCUT2D eigenvalue weighted by molar-refractivity contribution is 0.592. The smallest absolute Gasteiger partial charge is 0.214 e. The minimum Gasteiger partial charge on any atom is -0.319 e. The molecule has 0 unspecified atom stereocenters. The number of nitriles is 1. The molecule has 0 aromatic carbocycles. The van der Waals surface area contributed by atoms with Gasteiger partial charge in [-0.3, -0.25) is 0 Å². The third-order valence-electron chi connectivity index (χ3n) is 1.36. The molecular formula is C7H8ClN3. The van der Waals surface area contributed by atoms with Crippen LogP contribution in [-0.4, -0.2) is 9.55 Å². The van der Waals surface area contributed by atoms with Crippen molar-refractivity contribution < 1.29 is 0 Å². The van der Waals surface area contributed by atoms with E-state index >= 15 is 0 Å². The Morgan fingerprint density at radius 3 is 2.73 bits per heavy atom. The van der Waals surface area contributed by atoms with Crippen LogP contribution in [0.5, 0.6) is 0 Å². The van der Waals surface area contributed by atoms with Crippen LogP contribution < -0.4 is 0 Å². The Bertz CT molecular complexity index is 295. The number of rotatable bonds is 1. The molecule has 0 aliphatic heterocycles. The molecule has 1 heterocycles. The number of hydrogen-bond acceptors (Lipinski definition) is 2. The predicted octanol–water partition coefficient (Wildman–Crippen LogP) is 1.99. The molecular weight excluding hydrogens is 162 g/mol. The summed E-state index contributed by atoms with van der Waals surface area (Å²) >= 11 is 5.61. The van der Waals surface area contributed by atoms with Crippen molar-refractivity contribution in [1.29, 1.82) is 5.26 Å². The van der Waals surface area contributed by atoms with E-state index in [1.165, 1.54) is 0 Å². The predicted molar refractivity (Wildman–Crippen MR) is 42.3 cm³/mol. The van der Waals surface area contributed by atoms with Gasteiger partial charge in [-0.25, -0.2) is 4.98 Å². The fraction of sp³-hybridized carbons (Fsp3) is 0.429. The van der Waals surface area contributed by atoms with Gasteiger partial charge in [0.15, 0.2) is 0 Å². The standard InChI is InChI=1S/C7H8ClN3/c1-5(2)11-4-6(8)10-7(11)3-9/h4-5H,1-2H3. The van der Waals surface area contributed by atoms with Gasteiger partial charge in [-0.2, -0.15) is 5.26 Å². The first kappa shape index (κ1) is 8.09. The van der Waals surface area contributed by atoms with E-state index in [-0.39, 0.29) is 6.04 Å². The van der Waals surface area contributed by atoms with Gasteiger partial charge in [-0.05, 0) is 13.8 Å². The minimum atomic E-state index is 0.227. The fourth-order valence-electron chi connectivity index (χ4n) is 0.840. The van der Waals surface area contributed by atoms with Crippen molar-refractivity contribution in [2.45, 2.75) is 19.9 Å². The van der Waals surface area contributed by atoms with Crippen LogP contribution in [0.1, 0.15) is 25.7 Å². The van der Waals surface area contributed by atoms with E-state index in [2.05, 4.69) is 4.98 Å². The van der Waals surface area contributed by atoms with Crippen LogP contribution in [0, 0.1) is 11.3 Å². The Balaban J connectivity index is 3.15. The van der Waals surface area contributed by atoms with E-state index < -0.39 is 0 Å². The number of aromatic nitrogens is 2. The van der Waals surface area contributed by atoms with Crippen LogP contribution in [0.4, 0.5) is 0 Å². The molecule has 0 radical (unpaired) electrons. The van der Waals surface area contributed by atoms with Crippen LogP contribution >= 0.6 is 11.6 Å². The Kier molecular flexibility index (Phi) is 2.16. The monoisotopic (exact) mass is 169 g/mol. The molecule has 0 aliphatic rings. The SMILES string of the molecule is CC(C)n1cc(Cl)nc1C#N. The lowest BCUT2D eigenvalue weighted by Gasteiger charge is -2.05. The first-order valence-corrected chi connectivity index (χ1v) is 3.67. The molecule has 0 bridgehead atoms. The molecule has 3 nitrogen and oxygen atoms in total. The van der Waals surface area contributed by atoms with Crippen molar-refractivity contribution in [3.05, 3.63) is 17.2 Å². The van der Waals surface area contributed by atoms with Crippen molar-refractivity contribution in [1.82, 2.24) is 9.55 Å². The van der Waals surface area contributed by atoms with Crippen molar-refractivity contribution in [2.24, 2.45) is 0 Å². The number of imidazole rings is 1. The molecule has 0 spiro atoms. The second-order valence-electron chi connectivity index (χ2n) is 2.50. The summed E-state index contributed by atoms with van der Waals surface area (Å²) in [6.07, 6.45) is 1.66. The zero-order valence-electron chi connectivity index (χ0n) is 6.37. The quantitative estimate of drug-likeness (QED) is 0.645. The van der Waals surface area contributed by atoms with Gasteiger partial charge in [-0.1, -0.05) is 11.6 Å². The fourth-order valence-corrected chi connectivity index (χ4v) is 1.03. The lowest BCUT2D eigenvalue weighted by Crippen LogP contribution is -2.01. The van der Waals surface area contributed by atoms with E-state index in [0.717, 1.165) is 0 Å². The van der Waals surface area contributed by atoms with Crippen molar-refractivity contribution >= 4 is 11.6 Å². The van der Waals surface area contributed by atoms with Crippen molar-refractivity contribution in [3.8, 4) is 6.07 Å². The van der Waals surface area contributed by atoms with E-state index in [0.29, 0.717) is 11.0 Å². The van der Waals surface area contributed by atoms with E-state index in [4.69, 9.17) is 16.9 Å². The van der Waals surface area contributed by atoms with Crippen molar-refractivity contribution in [2.75, 3.05) is 0 Å². The molecule has 4 heteroatoms. The average molecular weight is 170 g/mol. The molecule has 0 saturated heterocycles. The number of nitrogens with zero attached hydrogens (tertiary/aromatic N) is 3. The zero-order valence-corrected chi connectivity index (χ0v) is 7.13. The van der Waals surface area contributed by atoms with Crippen LogP contribution in [0.15, 0.2) is 6.20 Å². The topological polar surface area (TPSA) is 41.6 Å². The summed E-state index contributed by atoms with van der Waals surface area (Å²) in [7, 11) is 0. The molecule has 1 aromatic rings.